The fourth-order valence-electron chi connectivity index (χ4n) is 2.76. The first-order valence-corrected chi connectivity index (χ1v) is 7.96. The van der Waals surface area contributed by atoms with E-state index in [1.54, 1.807) is 17.9 Å². The number of carbonyl (C=O) groups excluding carboxylic acids is 2. The zero-order chi connectivity index (χ0) is 18.0. The van der Waals surface area contributed by atoms with E-state index in [0.29, 0.717) is 5.69 Å². The SMILES string of the molecule is Cc1nn(C)c(C)c1NC(=O)COC(=O)Cc1c[nH]c2ccccc12. The quantitative estimate of drug-likeness (QED) is 0.697. The number of H-pyrrole nitrogens is 1. The molecule has 0 bridgehead atoms. The Bertz CT molecular complexity index is 939. The van der Waals surface area contributed by atoms with Crippen LogP contribution >= 0.6 is 0 Å². The van der Waals surface area contributed by atoms with Crippen molar-refractivity contribution in [2.24, 2.45) is 7.05 Å². The first kappa shape index (κ1) is 16.8. The molecule has 0 aliphatic heterocycles. The van der Waals surface area contributed by atoms with Crippen LogP contribution in [0.5, 0.6) is 0 Å². The van der Waals surface area contributed by atoms with Gasteiger partial charge in [-0.25, -0.2) is 0 Å². The monoisotopic (exact) mass is 340 g/mol. The summed E-state index contributed by atoms with van der Waals surface area (Å²) in [5.74, 6) is -0.828. The lowest BCUT2D eigenvalue weighted by atomic mass is 10.1. The molecule has 25 heavy (non-hydrogen) atoms. The normalized spacial score (nSPS) is 10.8. The van der Waals surface area contributed by atoms with Gasteiger partial charge in [0.2, 0.25) is 0 Å². The lowest BCUT2D eigenvalue weighted by Gasteiger charge is -2.07. The number of esters is 1. The summed E-state index contributed by atoms with van der Waals surface area (Å²) in [6.45, 7) is 3.35. The van der Waals surface area contributed by atoms with E-state index in [9.17, 15) is 9.59 Å². The maximum atomic E-state index is 12.0. The predicted octanol–water partition coefficient (Wildman–Crippen LogP) is 2.24. The molecule has 3 rings (SSSR count). The highest BCUT2D eigenvalue weighted by molar-refractivity contribution is 5.94. The molecule has 0 spiro atoms. The zero-order valence-corrected chi connectivity index (χ0v) is 14.4. The number of carbonyl (C=O) groups is 2. The van der Waals surface area contributed by atoms with E-state index < -0.39 is 5.97 Å². The fraction of sp³-hybridized carbons (Fsp3) is 0.278. The van der Waals surface area contributed by atoms with E-state index >= 15 is 0 Å². The van der Waals surface area contributed by atoms with E-state index in [4.69, 9.17) is 4.74 Å². The molecule has 0 radical (unpaired) electrons. The van der Waals surface area contributed by atoms with Crippen molar-refractivity contribution in [1.29, 1.82) is 0 Å². The Morgan fingerprint density at radius 2 is 2.04 bits per heavy atom. The third-order valence-electron chi connectivity index (χ3n) is 4.15. The standard InChI is InChI=1S/C18H20N4O3/c1-11-18(12(2)22(3)21-11)20-16(23)10-25-17(24)8-13-9-19-15-7-5-4-6-14(13)15/h4-7,9,19H,8,10H2,1-3H3,(H,20,23). The molecule has 0 saturated heterocycles. The maximum absolute atomic E-state index is 12.0. The van der Waals surface area contributed by atoms with Crippen LogP contribution in [0.1, 0.15) is 17.0 Å². The molecular formula is C18H20N4O3. The summed E-state index contributed by atoms with van der Waals surface area (Å²) < 4.78 is 6.78. The Morgan fingerprint density at radius 3 is 2.76 bits per heavy atom. The fourth-order valence-corrected chi connectivity index (χ4v) is 2.76. The Morgan fingerprint density at radius 1 is 1.28 bits per heavy atom. The number of para-hydroxylation sites is 1. The number of rotatable bonds is 5. The average molecular weight is 340 g/mol. The van der Waals surface area contributed by atoms with Gasteiger partial charge in [-0.05, 0) is 25.5 Å². The summed E-state index contributed by atoms with van der Waals surface area (Å²) in [4.78, 5) is 27.1. The van der Waals surface area contributed by atoms with Crippen LogP contribution in [0.2, 0.25) is 0 Å². The minimum absolute atomic E-state index is 0.113. The van der Waals surface area contributed by atoms with Crippen LogP contribution in [0.15, 0.2) is 30.5 Å². The first-order chi connectivity index (χ1) is 12.0. The molecule has 3 aromatic rings. The van der Waals surface area contributed by atoms with Crippen LogP contribution < -0.4 is 5.32 Å². The van der Waals surface area contributed by atoms with Crippen molar-refractivity contribution in [1.82, 2.24) is 14.8 Å². The number of aryl methyl sites for hydroxylation is 2. The minimum Gasteiger partial charge on any atom is -0.455 e. The number of benzene rings is 1. The highest BCUT2D eigenvalue weighted by atomic mass is 16.5. The van der Waals surface area contributed by atoms with Crippen LogP contribution in [0.25, 0.3) is 10.9 Å². The summed E-state index contributed by atoms with van der Waals surface area (Å²) in [5, 5.41) is 7.94. The maximum Gasteiger partial charge on any atom is 0.310 e. The molecule has 2 heterocycles. The molecule has 0 unspecified atom stereocenters. The number of ether oxygens (including phenoxy) is 1. The largest absolute Gasteiger partial charge is 0.455 e. The van der Waals surface area contributed by atoms with Crippen LogP contribution in [0.4, 0.5) is 5.69 Å². The molecule has 2 N–H and O–H groups in total. The van der Waals surface area contributed by atoms with E-state index in [1.807, 2.05) is 38.1 Å². The molecule has 0 fully saturated rings. The molecule has 0 saturated carbocycles. The number of aromatic amines is 1. The van der Waals surface area contributed by atoms with Gasteiger partial charge in [-0.1, -0.05) is 18.2 Å². The Balaban J connectivity index is 1.56. The van der Waals surface area contributed by atoms with Crippen molar-refractivity contribution in [3.8, 4) is 0 Å². The number of hydrogen-bond acceptors (Lipinski definition) is 4. The number of hydrogen-bond donors (Lipinski definition) is 2. The van der Waals surface area contributed by atoms with E-state index in [-0.39, 0.29) is 18.9 Å². The van der Waals surface area contributed by atoms with Crippen molar-refractivity contribution in [2.45, 2.75) is 20.3 Å². The lowest BCUT2D eigenvalue weighted by molar-refractivity contribution is -0.146. The molecule has 1 aromatic carbocycles. The van der Waals surface area contributed by atoms with E-state index in [1.165, 1.54) is 0 Å². The van der Waals surface area contributed by atoms with Gasteiger partial charge >= 0.3 is 5.97 Å². The topological polar surface area (TPSA) is 89.0 Å². The van der Waals surface area contributed by atoms with Crippen LogP contribution in [0.3, 0.4) is 0 Å². The van der Waals surface area contributed by atoms with Crippen molar-refractivity contribution in [3.63, 3.8) is 0 Å². The van der Waals surface area contributed by atoms with Gasteiger partial charge in [-0.2, -0.15) is 5.10 Å². The van der Waals surface area contributed by atoms with Gasteiger partial charge in [-0.15, -0.1) is 0 Å². The molecule has 7 nitrogen and oxygen atoms in total. The predicted molar refractivity (Wildman–Crippen MR) is 94.3 cm³/mol. The van der Waals surface area contributed by atoms with Gasteiger partial charge in [-0.3, -0.25) is 14.3 Å². The highest BCUT2D eigenvalue weighted by Gasteiger charge is 2.15. The molecule has 0 aliphatic carbocycles. The van der Waals surface area contributed by atoms with Crippen molar-refractivity contribution < 1.29 is 14.3 Å². The second-order valence-corrected chi connectivity index (χ2v) is 5.91. The summed E-state index contributed by atoms with van der Waals surface area (Å²) >= 11 is 0. The summed E-state index contributed by atoms with van der Waals surface area (Å²) in [5.41, 5.74) is 4.03. The highest BCUT2D eigenvalue weighted by Crippen LogP contribution is 2.19. The summed E-state index contributed by atoms with van der Waals surface area (Å²) in [7, 11) is 1.80. The Kier molecular flexibility index (Phi) is 4.56. The van der Waals surface area contributed by atoms with Crippen molar-refractivity contribution in [2.75, 3.05) is 11.9 Å². The average Bonchev–Trinajstić information content (AvgIpc) is 3.09. The second-order valence-electron chi connectivity index (χ2n) is 5.91. The van der Waals surface area contributed by atoms with E-state index in [0.717, 1.165) is 27.9 Å². The second kappa shape index (κ2) is 6.80. The van der Waals surface area contributed by atoms with Crippen LogP contribution in [0, 0.1) is 13.8 Å². The molecule has 130 valence electrons. The van der Waals surface area contributed by atoms with Gasteiger partial charge in [0.1, 0.15) is 0 Å². The number of fused-ring (bicyclic) bond motifs is 1. The number of anilines is 1. The summed E-state index contributed by atoms with van der Waals surface area (Å²) in [6, 6.07) is 7.72. The molecule has 1 amide bonds. The molecule has 2 aromatic heterocycles. The zero-order valence-electron chi connectivity index (χ0n) is 14.4. The Labute approximate surface area is 145 Å². The van der Waals surface area contributed by atoms with Crippen LogP contribution in [-0.4, -0.2) is 33.2 Å². The van der Waals surface area contributed by atoms with Crippen molar-refractivity contribution in [3.05, 3.63) is 47.4 Å². The van der Waals surface area contributed by atoms with Crippen LogP contribution in [-0.2, 0) is 27.8 Å². The Hall–Kier alpha value is -3.09. The van der Waals surface area contributed by atoms with Crippen molar-refractivity contribution >= 4 is 28.5 Å². The summed E-state index contributed by atoms with van der Waals surface area (Å²) in [6.07, 6.45) is 1.90. The molecule has 0 atom stereocenters. The van der Waals surface area contributed by atoms with Gasteiger partial charge < -0.3 is 15.0 Å². The molecule has 0 aliphatic rings. The molecular weight excluding hydrogens is 320 g/mol. The number of amides is 1. The minimum atomic E-state index is -0.445. The van der Waals surface area contributed by atoms with Gasteiger partial charge in [0, 0.05) is 24.1 Å². The van der Waals surface area contributed by atoms with E-state index in [2.05, 4.69) is 15.4 Å². The number of nitrogens with zero attached hydrogens (tertiary/aromatic N) is 2. The van der Waals surface area contributed by atoms with Gasteiger partial charge in [0.25, 0.3) is 5.91 Å². The molecule has 7 heteroatoms. The first-order valence-electron chi connectivity index (χ1n) is 7.96. The lowest BCUT2D eigenvalue weighted by Crippen LogP contribution is -2.22. The van der Waals surface area contributed by atoms with Gasteiger partial charge in [0.05, 0.1) is 23.5 Å². The van der Waals surface area contributed by atoms with Gasteiger partial charge in [0.15, 0.2) is 6.61 Å². The number of nitrogens with one attached hydrogen (secondary N) is 2. The number of aromatic nitrogens is 3. The third-order valence-corrected chi connectivity index (χ3v) is 4.15. The third kappa shape index (κ3) is 3.55. The smallest absolute Gasteiger partial charge is 0.310 e.